The van der Waals surface area contributed by atoms with Crippen molar-refractivity contribution >= 4 is 11.7 Å². The van der Waals surface area contributed by atoms with Crippen molar-refractivity contribution in [3.05, 3.63) is 54.0 Å². The van der Waals surface area contributed by atoms with Crippen LogP contribution in [0.2, 0.25) is 0 Å². The summed E-state index contributed by atoms with van der Waals surface area (Å²) in [7, 11) is 4.03. The topological polar surface area (TPSA) is 52.6 Å². The zero-order valence-electron chi connectivity index (χ0n) is 17.5. The lowest BCUT2D eigenvalue weighted by atomic mass is 9.72. The van der Waals surface area contributed by atoms with Gasteiger partial charge in [-0.1, -0.05) is 6.07 Å². The Morgan fingerprint density at radius 1 is 1.00 bits per heavy atom. The molecule has 0 unspecified atom stereocenters. The van der Waals surface area contributed by atoms with Gasteiger partial charge in [-0.25, -0.2) is 4.98 Å². The Kier molecular flexibility index (Phi) is 5.81. The molecular formula is C23H31N5O. The van der Waals surface area contributed by atoms with E-state index in [1.165, 1.54) is 5.56 Å². The van der Waals surface area contributed by atoms with E-state index < -0.39 is 0 Å². The Labute approximate surface area is 173 Å². The molecule has 0 aromatic carbocycles. The number of rotatable bonds is 5. The maximum Gasteiger partial charge on any atom is 0.222 e. The van der Waals surface area contributed by atoms with E-state index in [-0.39, 0.29) is 5.41 Å². The fourth-order valence-electron chi connectivity index (χ4n) is 4.58. The van der Waals surface area contributed by atoms with Crippen LogP contribution in [-0.4, -0.2) is 59.4 Å². The number of carbonyl (C=O) groups is 1. The zero-order chi connectivity index (χ0) is 20.3. The number of piperidine rings is 2. The van der Waals surface area contributed by atoms with E-state index in [4.69, 9.17) is 0 Å². The number of aromatic nitrogens is 2. The zero-order valence-corrected chi connectivity index (χ0v) is 17.5. The van der Waals surface area contributed by atoms with E-state index in [9.17, 15) is 4.79 Å². The minimum atomic E-state index is 0.282. The molecule has 6 nitrogen and oxygen atoms in total. The summed E-state index contributed by atoms with van der Waals surface area (Å²) in [5.41, 5.74) is 2.71. The normalized spacial score (nSPS) is 19.5. The Balaban J connectivity index is 1.33. The van der Waals surface area contributed by atoms with Crippen molar-refractivity contribution in [2.24, 2.45) is 5.41 Å². The summed E-state index contributed by atoms with van der Waals surface area (Å²) in [6.45, 7) is 4.73. The monoisotopic (exact) mass is 393 g/mol. The molecule has 0 N–H and O–H groups in total. The molecule has 2 aromatic rings. The van der Waals surface area contributed by atoms with Gasteiger partial charge in [0.1, 0.15) is 5.82 Å². The van der Waals surface area contributed by atoms with Crippen LogP contribution in [0, 0.1) is 5.41 Å². The van der Waals surface area contributed by atoms with Crippen LogP contribution in [0.5, 0.6) is 0 Å². The lowest BCUT2D eigenvalue weighted by molar-refractivity contribution is -0.140. The molecule has 0 radical (unpaired) electrons. The fraction of sp³-hybridized carbons (Fsp3) is 0.522. The van der Waals surface area contributed by atoms with E-state index in [1.54, 1.807) is 12.4 Å². The molecule has 4 heterocycles. The van der Waals surface area contributed by atoms with E-state index in [0.29, 0.717) is 18.9 Å². The van der Waals surface area contributed by atoms with E-state index in [1.807, 2.05) is 37.3 Å². The standard InChI is InChI=1S/C23H31N5O/c1-26(2)21-4-3-20(15-25-21)16-27-13-9-23(10-14-27)8-5-22(29)28(18-23)17-19-6-11-24-12-7-19/h3-4,6-7,11-12,15H,5,8-10,13-14,16-18H2,1-2H3. The summed E-state index contributed by atoms with van der Waals surface area (Å²) >= 11 is 0. The minimum absolute atomic E-state index is 0.282. The summed E-state index contributed by atoms with van der Waals surface area (Å²) < 4.78 is 0. The van der Waals surface area contributed by atoms with Crippen LogP contribution in [0.1, 0.15) is 36.8 Å². The molecule has 154 valence electrons. The van der Waals surface area contributed by atoms with Gasteiger partial charge in [-0.15, -0.1) is 0 Å². The highest BCUT2D eigenvalue weighted by Gasteiger charge is 2.40. The molecular weight excluding hydrogens is 362 g/mol. The van der Waals surface area contributed by atoms with Crippen molar-refractivity contribution in [2.75, 3.05) is 38.6 Å². The molecule has 2 saturated heterocycles. The lowest BCUT2D eigenvalue weighted by Gasteiger charge is -2.47. The van der Waals surface area contributed by atoms with Crippen molar-refractivity contribution in [1.29, 1.82) is 0 Å². The average molecular weight is 394 g/mol. The smallest absolute Gasteiger partial charge is 0.222 e. The van der Waals surface area contributed by atoms with Gasteiger partial charge < -0.3 is 9.80 Å². The fourth-order valence-corrected chi connectivity index (χ4v) is 4.58. The molecule has 4 rings (SSSR count). The maximum absolute atomic E-state index is 12.5. The lowest BCUT2D eigenvalue weighted by Crippen LogP contribution is -2.51. The quantitative estimate of drug-likeness (QED) is 0.782. The van der Waals surface area contributed by atoms with Crippen molar-refractivity contribution < 1.29 is 4.79 Å². The Hall–Kier alpha value is -2.47. The second kappa shape index (κ2) is 8.49. The second-order valence-corrected chi connectivity index (χ2v) is 8.80. The summed E-state index contributed by atoms with van der Waals surface area (Å²) in [5.74, 6) is 1.29. The van der Waals surface area contributed by atoms with E-state index in [2.05, 4.69) is 31.9 Å². The number of likely N-dealkylation sites (tertiary alicyclic amines) is 2. The molecule has 2 aliphatic heterocycles. The molecule has 0 aliphatic carbocycles. The molecule has 2 aromatic heterocycles. The molecule has 2 fully saturated rings. The van der Waals surface area contributed by atoms with Crippen LogP contribution >= 0.6 is 0 Å². The highest BCUT2D eigenvalue weighted by atomic mass is 16.2. The van der Waals surface area contributed by atoms with Crippen LogP contribution in [0.3, 0.4) is 0 Å². The van der Waals surface area contributed by atoms with Crippen molar-refractivity contribution in [3.8, 4) is 0 Å². The van der Waals surface area contributed by atoms with Crippen molar-refractivity contribution in [2.45, 2.75) is 38.8 Å². The highest BCUT2D eigenvalue weighted by molar-refractivity contribution is 5.77. The summed E-state index contributed by atoms with van der Waals surface area (Å²) in [6.07, 6.45) is 9.64. The van der Waals surface area contributed by atoms with Crippen LogP contribution < -0.4 is 4.90 Å². The summed E-state index contributed by atoms with van der Waals surface area (Å²) in [5, 5.41) is 0. The van der Waals surface area contributed by atoms with Crippen molar-refractivity contribution in [1.82, 2.24) is 19.8 Å². The minimum Gasteiger partial charge on any atom is -0.363 e. The number of carbonyl (C=O) groups excluding carboxylic acids is 1. The van der Waals surface area contributed by atoms with Gasteiger partial charge in [0.15, 0.2) is 0 Å². The molecule has 1 spiro atoms. The first-order chi connectivity index (χ1) is 14.0. The van der Waals surface area contributed by atoms with Gasteiger partial charge in [0.05, 0.1) is 0 Å². The largest absolute Gasteiger partial charge is 0.363 e. The first-order valence-corrected chi connectivity index (χ1v) is 10.5. The third-order valence-electron chi connectivity index (χ3n) is 6.46. The van der Waals surface area contributed by atoms with Gasteiger partial charge in [0.2, 0.25) is 5.91 Å². The third-order valence-corrected chi connectivity index (χ3v) is 6.46. The predicted octanol–water partition coefficient (Wildman–Crippen LogP) is 2.95. The predicted molar refractivity (Wildman–Crippen MR) is 114 cm³/mol. The van der Waals surface area contributed by atoms with Crippen LogP contribution in [0.4, 0.5) is 5.82 Å². The van der Waals surface area contributed by atoms with Gasteiger partial charge in [0.25, 0.3) is 0 Å². The second-order valence-electron chi connectivity index (χ2n) is 8.80. The van der Waals surface area contributed by atoms with E-state index in [0.717, 1.165) is 56.8 Å². The Morgan fingerprint density at radius 2 is 1.76 bits per heavy atom. The van der Waals surface area contributed by atoms with Gasteiger partial charge >= 0.3 is 0 Å². The number of anilines is 1. The molecule has 29 heavy (non-hydrogen) atoms. The summed E-state index contributed by atoms with van der Waals surface area (Å²) in [6, 6.07) is 8.28. The van der Waals surface area contributed by atoms with Gasteiger partial charge in [-0.2, -0.15) is 0 Å². The van der Waals surface area contributed by atoms with Crippen LogP contribution in [-0.2, 0) is 17.9 Å². The number of hydrogen-bond acceptors (Lipinski definition) is 5. The van der Waals surface area contributed by atoms with Crippen molar-refractivity contribution in [3.63, 3.8) is 0 Å². The number of hydrogen-bond donors (Lipinski definition) is 0. The van der Waals surface area contributed by atoms with Crippen LogP contribution in [0.25, 0.3) is 0 Å². The molecule has 0 bridgehead atoms. The summed E-state index contributed by atoms with van der Waals surface area (Å²) in [4.78, 5) is 27.7. The van der Waals surface area contributed by atoms with Gasteiger partial charge in [-0.05, 0) is 67.1 Å². The van der Waals surface area contributed by atoms with Gasteiger partial charge in [0, 0.05) is 58.7 Å². The van der Waals surface area contributed by atoms with Gasteiger partial charge in [-0.3, -0.25) is 14.7 Å². The maximum atomic E-state index is 12.5. The first kappa shape index (κ1) is 19.8. The number of pyridine rings is 2. The van der Waals surface area contributed by atoms with Crippen LogP contribution in [0.15, 0.2) is 42.9 Å². The average Bonchev–Trinajstić information content (AvgIpc) is 2.74. The highest BCUT2D eigenvalue weighted by Crippen LogP contribution is 2.40. The Bertz CT molecular complexity index is 813. The number of nitrogens with zero attached hydrogens (tertiary/aromatic N) is 5. The number of amides is 1. The third kappa shape index (κ3) is 4.75. The van der Waals surface area contributed by atoms with E-state index >= 15 is 0 Å². The molecule has 0 atom stereocenters. The SMILES string of the molecule is CN(C)c1ccc(CN2CCC3(CCC(=O)N(Cc4ccncc4)C3)CC2)cn1. The Morgan fingerprint density at radius 3 is 2.41 bits per heavy atom. The molecule has 6 heteroatoms. The first-order valence-electron chi connectivity index (χ1n) is 10.5. The molecule has 2 aliphatic rings. The molecule has 1 amide bonds. The molecule has 0 saturated carbocycles.